The van der Waals surface area contributed by atoms with Crippen molar-refractivity contribution in [1.29, 1.82) is 0 Å². The number of hydrogen-bond donors (Lipinski definition) is 0. The third-order valence-corrected chi connectivity index (χ3v) is 2.69. The fraction of sp³-hybridized carbons (Fsp3) is 0.364. The van der Waals surface area contributed by atoms with Crippen molar-refractivity contribution >= 4 is 21.8 Å². The third kappa shape index (κ3) is 3.97. The molecule has 1 aromatic carbocycles. The van der Waals surface area contributed by atoms with Crippen LogP contribution in [0.4, 0.5) is 17.6 Å². The lowest BCUT2D eigenvalue weighted by Crippen LogP contribution is -2.39. The molecule has 0 aromatic heterocycles. The molecule has 1 aromatic rings. The minimum absolute atomic E-state index is 0.149. The number of nitrogens with zero attached hydrogens (tertiary/aromatic N) is 1. The van der Waals surface area contributed by atoms with Crippen molar-refractivity contribution in [3.63, 3.8) is 0 Å². The molecule has 0 aliphatic rings. The Bertz CT molecular complexity index is 447. The third-order valence-electron chi connectivity index (χ3n) is 2.20. The topological polar surface area (TPSA) is 20.3 Å². The summed E-state index contributed by atoms with van der Waals surface area (Å²) in [5.41, 5.74) is -0.379. The first-order valence-corrected chi connectivity index (χ1v) is 5.85. The van der Waals surface area contributed by atoms with Gasteiger partial charge in [-0.1, -0.05) is 15.9 Å². The molecular weight excluding hydrogens is 318 g/mol. The van der Waals surface area contributed by atoms with Crippen molar-refractivity contribution in [1.82, 2.24) is 4.90 Å². The van der Waals surface area contributed by atoms with Crippen molar-refractivity contribution in [3.05, 3.63) is 34.1 Å². The molecule has 0 spiro atoms. The van der Waals surface area contributed by atoms with Crippen LogP contribution in [0.2, 0.25) is 0 Å². The van der Waals surface area contributed by atoms with Crippen molar-refractivity contribution in [3.8, 4) is 0 Å². The van der Waals surface area contributed by atoms with Crippen molar-refractivity contribution < 1.29 is 22.4 Å². The van der Waals surface area contributed by atoms with E-state index in [-0.39, 0.29) is 12.1 Å². The zero-order valence-electron chi connectivity index (χ0n) is 9.39. The van der Waals surface area contributed by atoms with Gasteiger partial charge in [0.1, 0.15) is 12.4 Å². The summed E-state index contributed by atoms with van der Waals surface area (Å²) >= 11 is 3.04. The second kappa shape index (κ2) is 5.69. The van der Waals surface area contributed by atoms with Crippen LogP contribution in [0, 0.1) is 5.82 Å². The number of carbonyl (C=O) groups is 1. The van der Waals surface area contributed by atoms with Gasteiger partial charge in [-0.05, 0) is 25.1 Å². The molecule has 100 valence electrons. The normalized spacial score (nSPS) is 11.4. The summed E-state index contributed by atoms with van der Waals surface area (Å²) in [6, 6.07) is 3.56. The average molecular weight is 328 g/mol. The van der Waals surface area contributed by atoms with E-state index in [1.165, 1.54) is 13.0 Å². The van der Waals surface area contributed by atoms with Crippen LogP contribution in [-0.4, -0.2) is 30.1 Å². The molecule has 0 N–H and O–H groups in total. The number of amides is 1. The maximum atomic E-state index is 13.4. The standard InChI is InChI=1S/C11H10BrF4NO/c1-2-17(6-11(14,15)16)10(18)8-5-7(12)3-4-9(8)13/h3-5H,2,6H2,1H3. The highest BCUT2D eigenvalue weighted by molar-refractivity contribution is 9.10. The van der Waals surface area contributed by atoms with Crippen molar-refractivity contribution in [2.24, 2.45) is 0 Å². The van der Waals surface area contributed by atoms with Gasteiger partial charge in [-0.2, -0.15) is 13.2 Å². The maximum absolute atomic E-state index is 13.4. The number of hydrogen-bond acceptors (Lipinski definition) is 1. The maximum Gasteiger partial charge on any atom is 0.406 e. The molecule has 1 rings (SSSR count). The summed E-state index contributed by atoms with van der Waals surface area (Å²) in [5, 5.41) is 0. The Morgan fingerprint density at radius 3 is 2.50 bits per heavy atom. The Balaban J connectivity index is 3.00. The van der Waals surface area contributed by atoms with Gasteiger partial charge in [-0.25, -0.2) is 4.39 Å². The van der Waals surface area contributed by atoms with E-state index in [2.05, 4.69) is 15.9 Å². The first-order valence-electron chi connectivity index (χ1n) is 5.05. The van der Waals surface area contributed by atoms with Gasteiger partial charge in [0.2, 0.25) is 0 Å². The van der Waals surface area contributed by atoms with E-state index in [1.807, 2.05) is 0 Å². The SMILES string of the molecule is CCN(CC(F)(F)F)C(=O)c1cc(Br)ccc1F. The average Bonchev–Trinajstić information content (AvgIpc) is 2.27. The lowest BCUT2D eigenvalue weighted by molar-refractivity contribution is -0.140. The zero-order chi connectivity index (χ0) is 13.9. The molecule has 2 nitrogen and oxygen atoms in total. The summed E-state index contributed by atoms with van der Waals surface area (Å²) < 4.78 is 50.6. The highest BCUT2D eigenvalue weighted by Crippen LogP contribution is 2.21. The molecule has 0 aliphatic carbocycles. The molecule has 18 heavy (non-hydrogen) atoms. The molecule has 0 atom stereocenters. The van der Waals surface area contributed by atoms with Gasteiger partial charge in [0.25, 0.3) is 5.91 Å². The molecule has 1 amide bonds. The molecule has 7 heteroatoms. The first kappa shape index (κ1) is 14.9. The van der Waals surface area contributed by atoms with Gasteiger partial charge < -0.3 is 4.90 Å². The van der Waals surface area contributed by atoms with Crippen LogP contribution in [0.1, 0.15) is 17.3 Å². The summed E-state index contributed by atoms with van der Waals surface area (Å²) in [6.45, 7) is -0.141. The van der Waals surface area contributed by atoms with Crippen LogP contribution in [-0.2, 0) is 0 Å². The van der Waals surface area contributed by atoms with Crippen LogP contribution < -0.4 is 0 Å². The van der Waals surface area contributed by atoms with Crippen LogP contribution in [0.25, 0.3) is 0 Å². The number of rotatable bonds is 3. The largest absolute Gasteiger partial charge is 0.406 e. The van der Waals surface area contributed by atoms with E-state index in [9.17, 15) is 22.4 Å². The Hall–Kier alpha value is -1.11. The highest BCUT2D eigenvalue weighted by atomic mass is 79.9. The number of halogens is 5. The summed E-state index contributed by atoms with van der Waals surface area (Å²) in [4.78, 5) is 12.3. The van der Waals surface area contributed by atoms with Gasteiger partial charge in [-0.15, -0.1) is 0 Å². The molecule has 0 radical (unpaired) electrons. The second-order valence-electron chi connectivity index (χ2n) is 3.56. The monoisotopic (exact) mass is 327 g/mol. The minimum Gasteiger partial charge on any atom is -0.330 e. The molecule has 0 unspecified atom stereocenters. The van der Waals surface area contributed by atoms with E-state index in [0.29, 0.717) is 9.37 Å². The van der Waals surface area contributed by atoms with Crippen LogP contribution in [0.5, 0.6) is 0 Å². The molecule has 0 fully saturated rings. The van der Waals surface area contributed by atoms with E-state index in [0.717, 1.165) is 12.1 Å². The van der Waals surface area contributed by atoms with Gasteiger partial charge in [0.15, 0.2) is 0 Å². The van der Waals surface area contributed by atoms with Gasteiger partial charge in [0, 0.05) is 11.0 Å². The fourth-order valence-corrected chi connectivity index (χ4v) is 1.74. The Morgan fingerprint density at radius 2 is 2.00 bits per heavy atom. The van der Waals surface area contributed by atoms with Crippen LogP contribution >= 0.6 is 15.9 Å². The lowest BCUT2D eigenvalue weighted by atomic mass is 10.2. The van der Waals surface area contributed by atoms with Gasteiger partial charge in [0.05, 0.1) is 5.56 Å². The second-order valence-corrected chi connectivity index (χ2v) is 4.47. The first-order chi connectivity index (χ1) is 8.24. The molecular formula is C11H10BrF4NO. The molecule has 0 saturated carbocycles. The lowest BCUT2D eigenvalue weighted by Gasteiger charge is -2.22. The van der Waals surface area contributed by atoms with E-state index in [1.54, 1.807) is 0 Å². The van der Waals surface area contributed by atoms with Gasteiger partial charge >= 0.3 is 6.18 Å². The Labute approximate surface area is 110 Å². The summed E-state index contributed by atoms with van der Waals surface area (Å²) in [6.07, 6.45) is -4.51. The predicted octanol–water partition coefficient (Wildman–Crippen LogP) is 3.61. The zero-order valence-corrected chi connectivity index (χ0v) is 11.0. The fourth-order valence-electron chi connectivity index (χ4n) is 1.38. The van der Waals surface area contributed by atoms with Crippen LogP contribution in [0.15, 0.2) is 22.7 Å². The minimum atomic E-state index is -4.51. The Morgan fingerprint density at radius 1 is 1.39 bits per heavy atom. The molecule has 0 saturated heterocycles. The summed E-state index contributed by atoms with van der Waals surface area (Å²) in [5.74, 6) is -1.82. The molecule has 0 aliphatic heterocycles. The van der Waals surface area contributed by atoms with E-state index >= 15 is 0 Å². The van der Waals surface area contributed by atoms with Crippen molar-refractivity contribution in [2.75, 3.05) is 13.1 Å². The summed E-state index contributed by atoms with van der Waals surface area (Å²) in [7, 11) is 0. The van der Waals surface area contributed by atoms with Crippen LogP contribution in [0.3, 0.4) is 0 Å². The highest BCUT2D eigenvalue weighted by Gasteiger charge is 2.33. The number of alkyl halides is 3. The van der Waals surface area contributed by atoms with Crippen molar-refractivity contribution in [2.45, 2.75) is 13.1 Å². The number of carbonyl (C=O) groups excluding carboxylic acids is 1. The van der Waals surface area contributed by atoms with E-state index < -0.39 is 24.4 Å². The van der Waals surface area contributed by atoms with Gasteiger partial charge in [-0.3, -0.25) is 4.79 Å². The van der Waals surface area contributed by atoms with E-state index in [4.69, 9.17) is 0 Å². The Kier molecular flexibility index (Phi) is 4.72. The smallest absolute Gasteiger partial charge is 0.330 e. The molecule has 0 bridgehead atoms. The quantitative estimate of drug-likeness (QED) is 0.776. The number of benzene rings is 1. The molecule has 0 heterocycles. The predicted molar refractivity (Wildman–Crippen MR) is 61.7 cm³/mol.